The van der Waals surface area contributed by atoms with Gasteiger partial charge in [-0.25, -0.2) is 0 Å². The quantitative estimate of drug-likeness (QED) is 0.804. The first-order chi connectivity index (χ1) is 13.5. The van der Waals surface area contributed by atoms with Gasteiger partial charge >= 0.3 is 0 Å². The molecule has 2 aromatic rings. The van der Waals surface area contributed by atoms with Crippen LogP contribution in [0, 0.1) is 6.92 Å². The van der Waals surface area contributed by atoms with Gasteiger partial charge in [-0.05, 0) is 38.8 Å². The number of amides is 2. The fourth-order valence-corrected chi connectivity index (χ4v) is 3.81. The minimum Gasteiger partial charge on any atom is -0.479 e. The molecule has 0 spiro atoms. The van der Waals surface area contributed by atoms with Crippen molar-refractivity contribution in [3.8, 4) is 5.75 Å². The number of fused-ring (bicyclic) bond motifs is 1. The number of rotatable bonds is 4. The standard InChI is InChI=1S/C20H24N4O4/c1-13-20(26)24(16-5-3-4-6-17(16)27-13)12-9-18(25)23-10-7-15(8-11-23)19-21-14(2)22-28-19/h3-6,13,15H,7-12H2,1-2H3. The van der Waals surface area contributed by atoms with Gasteiger partial charge < -0.3 is 19.1 Å². The highest BCUT2D eigenvalue weighted by molar-refractivity contribution is 6.00. The van der Waals surface area contributed by atoms with Crippen LogP contribution >= 0.6 is 0 Å². The summed E-state index contributed by atoms with van der Waals surface area (Å²) in [7, 11) is 0. The van der Waals surface area contributed by atoms with Crippen LogP contribution in [0.2, 0.25) is 0 Å². The highest BCUT2D eigenvalue weighted by Gasteiger charge is 2.32. The lowest BCUT2D eigenvalue weighted by Gasteiger charge is -2.34. The monoisotopic (exact) mass is 384 g/mol. The Morgan fingerprint density at radius 1 is 1.25 bits per heavy atom. The molecular weight excluding hydrogens is 360 g/mol. The van der Waals surface area contributed by atoms with Crippen molar-refractivity contribution in [3.63, 3.8) is 0 Å². The second-order valence-electron chi connectivity index (χ2n) is 7.30. The van der Waals surface area contributed by atoms with E-state index in [9.17, 15) is 9.59 Å². The average Bonchev–Trinajstić information content (AvgIpc) is 3.14. The lowest BCUT2D eigenvalue weighted by Crippen LogP contribution is -2.46. The molecule has 3 heterocycles. The molecule has 1 aromatic carbocycles. The summed E-state index contributed by atoms with van der Waals surface area (Å²) in [6, 6.07) is 7.43. The molecule has 0 saturated carbocycles. The van der Waals surface area contributed by atoms with Gasteiger partial charge in [0.2, 0.25) is 11.8 Å². The molecule has 28 heavy (non-hydrogen) atoms. The number of piperidine rings is 1. The summed E-state index contributed by atoms with van der Waals surface area (Å²) in [5.41, 5.74) is 0.726. The third-order valence-corrected chi connectivity index (χ3v) is 5.36. The number of aromatic nitrogens is 2. The zero-order valence-corrected chi connectivity index (χ0v) is 16.1. The van der Waals surface area contributed by atoms with E-state index in [2.05, 4.69) is 10.1 Å². The van der Waals surface area contributed by atoms with E-state index in [-0.39, 0.29) is 24.2 Å². The Morgan fingerprint density at radius 2 is 2.00 bits per heavy atom. The summed E-state index contributed by atoms with van der Waals surface area (Å²) in [5, 5.41) is 3.84. The van der Waals surface area contributed by atoms with Crippen LogP contribution in [0.25, 0.3) is 0 Å². The summed E-state index contributed by atoms with van der Waals surface area (Å²) in [5.74, 6) is 2.13. The minimum absolute atomic E-state index is 0.0598. The Bertz CT molecular complexity index is 873. The van der Waals surface area contributed by atoms with Crippen molar-refractivity contribution in [2.45, 2.75) is 45.1 Å². The lowest BCUT2D eigenvalue weighted by atomic mass is 9.96. The lowest BCUT2D eigenvalue weighted by molar-refractivity contribution is -0.132. The van der Waals surface area contributed by atoms with Crippen LogP contribution in [0.3, 0.4) is 0 Å². The normalized spacial score (nSPS) is 20.1. The van der Waals surface area contributed by atoms with Crippen molar-refractivity contribution in [1.29, 1.82) is 0 Å². The van der Waals surface area contributed by atoms with E-state index in [1.165, 1.54) is 0 Å². The topological polar surface area (TPSA) is 88.8 Å². The van der Waals surface area contributed by atoms with E-state index in [0.29, 0.717) is 37.1 Å². The summed E-state index contributed by atoms with van der Waals surface area (Å²) >= 11 is 0. The van der Waals surface area contributed by atoms with Crippen LogP contribution in [0.15, 0.2) is 28.8 Å². The van der Waals surface area contributed by atoms with Gasteiger partial charge in [-0.15, -0.1) is 0 Å². The first-order valence-electron chi connectivity index (χ1n) is 9.68. The molecule has 8 nitrogen and oxygen atoms in total. The number of hydrogen-bond acceptors (Lipinski definition) is 6. The predicted molar refractivity (Wildman–Crippen MR) is 101 cm³/mol. The highest BCUT2D eigenvalue weighted by Crippen LogP contribution is 2.34. The smallest absolute Gasteiger partial charge is 0.267 e. The van der Waals surface area contributed by atoms with E-state index in [0.717, 1.165) is 18.5 Å². The van der Waals surface area contributed by atoms with E-state index in [4.69, 9.17) is 9.26 Å². The van der Waals surface area contributed by atoms with E-state index >= 15 is 0 Å². The third kappa shape index (κ3) is 3.58. The maximum absolute atomic E-state index is 12.7. The number of ether oxygens (including phenoxy) is 1. The highest BCUT2D eigenvalue weighted by atomic mass is 16.5. The summed E-state index contributed by atoms with van der Waals surface area (Å²) in [4.78, 5) is 33.0. The van der Waals surface area contributed by atoms with Gasteiger partial charge in [-0.1, -0.05) is 17.3 Å². The molecule has 2 aliphatic heterocycles. The van der Waals surface area contributed by atoms with E-state index in [1.807, 2.05) is 29.2 Å². The second-order valence-corrected chi connectivity index (χ2v) is 7.30. The number of aryl methyl sites for hydroxylation is 1. The number of para-hydroxylation sites is 2. The van der Waals surface area contributed by atoms with Gasteiger partial charge in [0.1, 0.15) is 5.75 Å². The number of carbonyl (C=O) groups is 2. The zero-order valence-electron chi connectivity index (χ0n) is 16.1. The molecule has 2 amide bonds. The summed E-state index contributed by atoms with van der Waals surface area (Å²) in [6.07, 6.45) is 1.36. The predicted octanol–water partition coefficient (Wildman–Crippen LogP) is 2.29. The molecule has 0 N–H and O–H groups in total. The van der Waals surface area contributed by atoms with Crippen molar-refractivity contribution in [2.24, 2.45) is 0 Å². The van der Waals surface area contributed by atoms with Crippen LogP contribution in [-0.2, 0) is 9.59 Å². The van der Waals surface area contributed by atoms with Crippen molar-refractivity contribution in [3.05, 3.63) is 36.0 Å². The fourth-order valence-electron chi connectivity index (χ4n) is 3.81. The Balaban J connectivity index is 1.34. The van der Waals surface area contributed by atoms with Crippen molar-refractivity contribution in [2.75, 3.05) is 24.5 Å². The largest absolute Gasteiger partial charge is 0.479 e. The maximum Gasteiger partial charge on any atom is 0.267 e. The first kappa shape index (κ1) is 18.5. The van der Waals surface area contributed by atoms with Gasteiger partial charge in [0.25, 0.3) is 5.91 Å². The Morgan fingerprint density at radius 3 is 2.71 bits per heavy atom. The molecule has 2 aliphatic rings. The van der Waals surface area contributed by atoms with Gasteiger partial charge in [-0.2, -0.15) is 4.98 Å². The first-order valence-corrected chi connectivity index (χ1v) is 9.68. The molecule has 1 fully saturated rings. The number of anilines is 1. The molecule has 1 aromatic heterocycles. The van der Waals surface area contributed by atoms with Crippen LogP contribution in [-0.4, -0.2) is 52.6 Å². The zero-order chi connectivity index (χ0) is 19.7. The second kappa shape index (κ2) is 7.61. The summed E-state index contributed by atoms with van der Waals surface area (Å²) in [6.45, 7) is 5.21. The SMILES string of the molecule is Cc1noc(C2CCN(C(=O)CCN3C(=O)C(C)Oc4ccccc43)CC2)n1. The number of likely N-dealkylation sites (tertiary alicyclic amines) is 1. The molecule has 4 rings (SSSR count). The molecule has 0 aliphatic carbocycles. The molecule has 1 saturated heterocycles. The third-order valence-electron chi connectivity index (χ3n) is 5.36. The van der Waals surface area contributed by atoms with Crippen molar-refractivity contribution < 1.29 is 18.8 Å². The molecule has 1 unspecified atom stereocenters. The van der Waals surface area contributed by atoms with Crippen molar-refractivity contribution >= 4 is 17.5 Å². The molecule has 0 radical (unpaired) electrons. The van der Waals surface area contributed by atoms with Crippen LogP contribution in [0.4, 0.5) is 5.69 Å². The van der Waals surface area contributed by atoms with E-state index < -0.39 is 6.10 Å². The molecule has 0 bridgehead atoms. The molecular formula is C20H24N4O4. The van der Waals surface area contributed by atoms with Gasteiger partial charge in [0.05, 0.1) is 5.69 Å². The van der Waals surface area contributed by atoms with Crippen molar-refractivity contribution in [1.82, 2.24) is 15.0 Å². The minimum atomic E-state index is -0.543. The van der Waals surface area contributed by atoms with Crippen LogP contribution in [0.1, 0.15) is 43.8 Å². The average molecular weight is 384 g/mol. The molecule has 148 valence electrons. The summed E-state index contributed by atoms with van der Waals surface area (Å²) < 4.78 is 10.9. The van der Waals surface area contributed by atoms with Gasteiger partial charge in [0.15, 0.2) is 11.9 Å². The van der Waals surface area contributed by atoms with Crippen LogP contribution < -0.4 is 9.64 Å². The Labute approximate surface area is 163 Å². The maximum atomic E-state index is 12.7. The number of benzene rings is 1. The number of carbonyl (C=O) groups excluding carboxylic acids is 2. The molecule has 1 atom stereocenters. The number of hydrogen-bond donors (Lipinski definition) is 0. The van der Waals surface area contributed by atoms with Gasteiger partial charge in [0, 0.05) is 32.0 Å². The molecule has 8 heteroatoms. The van der Waals surface area contributed by atoms with E-state index in [1.54, 1.807) is 18.7 Å². The number of nitrogens with zero attached hydrogens (tertiary/aromatic N) is 4. The van der Waals surface area contributed by atoms with Crippen LogP contribution in [0.5, 0.6) is 5.75 Å². The fraction of sp³-hybridized carbons (Fsp3) is 0.500. The Hall–Kier alpha value is -2.90. The van der Waals surface area contributed by atoms with Gasteiger partial charge in [-0.3, -0.25) is 9.59 Å². The Kier molecular flexibility index (Phi) is 5.02.